The van der Waals surface area contributed by atoms with E-state index >= 15 is 0 Å². The summed E-state index contributed by atoms with van der Waals surface area (Å²) in [6.07, 6.45) is 3.27. The van der Waals surface area contributed by atoms with Crippen LogP contribution in [-0.4, -0.2) is 52.0 Å². The van der Waals surface area contributed by atoms with Crippen molar-refractivity contribution in [3.8, 4) is 5.69 Å². The van der Waals surface area contributed by atoms with E-state index in [4.69, 9.17) is 11.6 Å². The number of likely N-dealkylation sites (N-methyl/N-ethyl adjacent to an activating group) is 1. The Morgan fingerprint density at radius 3 is 2.43 bits per heavy atom. The topological polar surface area (TPSA) is 63.1 Å². The Hall–Kier alpha value is -2.70. The molecule has 7 heteroatoms. The van der Waals surface area contributed by atoms with Crippen LogP contribution in [0.5, 0.6) is 0 Å². The molecule has 2 aromatic carbocycles. The van der Waals surface area contributed by atoms with Gasteiger partial charge in [-0.2, -0.15) is 0 Å². The molecule has 0 fully saturated rings. The van der Waals surface area contributed by atoms with Gasteiger partial charge in [-0.1, -0.05) is 53.2 Å². The Bertz CT molecular complexity index is 988. The smallest absolute Gasteiger partial charge is 0.271 e. The van der Waals surface area contributed by atoms with E-state index in [2.05, 4.69) is 58.9 Å². The van der Waals surface area contributed by atoms with E-state index in [1.54, 1.807) is 6.07 Å². The van der Waals surface area contributed by atoms with E-state index in [-0.39, 0.29) is 11.4 Å². The standard InChI is InChI=1S/C21H22ClN5O/c1-26(2)21(11-15-7-3-4-8-16(15)12-21)14-23-20(28)19-13-24-25-27(19)18-10-6-5-9-17(18)22/h3-10,13H,11-12,14H2,1-2H3,(H,23,28). The molecule has 1 aliphatic carbocycles. The van der Waals surface area contributed by atoms with Crippen LogP contribution in [0.15, 0.2) is 54.7 Å². The van der Waals surface area contributed by atoms with Crippen molar-refractivity contribution in [2.45, 2.75) is 18.4 Å². The number of amides is 1. The summed E-state index contributed by atoms with van der Waals surface area (Å²) in [5.41, 5.74) is 3.52. The molecule has 0 bridgehead atoms. The number of nitrogens with zero attached hydrogens (tertiary/aromatic N) is 4. The van der Waals surface area contributed by atoms with Crippen molar-refractivity contribution in [3.05, 3.63) is 76.6 Å². The van der Waals surface area contributed by atoms with Crippen molar-refractivity contribution < 1.29 is 4.79 Å². The number of carbonyl (C=O) groups excluding carboxylic acids is 1. The van der Waals surface area contributed by atoms with Crippen molar-refractivity contribution in [2.75, 3.05) is 20.6 Å². The highest BCUT2D eigenvalue weighted by Gasteiger charge is 2.39. The van der Waals surface area contributed by atoms with E-state index in [9.17, 15) is 4.79 Å². The van der Waals surface area contributed by atoms with Gasteiger partial charge in [0.15, 0.2) is 5.69 Å². The van der Waals surface area contributed by atoms with Gasteiger partial charge in [0.25, 0.3) is 5.91 Å². The summed E-state index contributed by atoms with van der Waals surface area (Å²) in [6, 6.07) is 15.7. The summed E-state index contributed by atoms with van der Waals surface area (Å²) in [5.74, 6) is -0.220. The lowest BCUT2D eigenvalue weighted by atomic mass is 9.94. The first kappa shape index (κ1) is 18.7. The molecule has 1 aromatic heterocycles. The first-order valence-electron chi connectivity index (χ1n) is 9.18. The molecule has 1 aliphatic rings. The molecule has 144 valence electrons. The molecule has 28 heavy (non-hydrogen) atoms. The minimum atomic E-state index is -0.220. The lowest BCUT2D eigenvalue weighted by Crippen LogP contribution is -2.53. The first-order valence-corrected chi connectivity index (χ1v) is 9.56. The third-order valence-electron chi connectivity index (χ3n) is 5.55. The van der Waals surface area contributed by atoms with Crippen LogP contribution in [0.4, 0.5) is 0 Å². The highest BCUT2D eigenvalue weighted by Crippen LogP contribution is 2.33. The first-order chi connectivity index (χ1) is 13.5. The van der Waals surface area contributed by atoms with Crippen LogP contribution in [-0.2, 0) is 12.8 Å². The van der Waals surface area contributed by atoms with Gasteiger partial charge in [-0.25, -0.2) is 4.68 Å². The molecule has 0 spiro atoms. The van der Waals surface area contributed by atoms with Crippen LogP contribution in [0.2, 0.25) is 5.02 Å². The maximum Gasteiger partial charge on any atom is 0.271 e. The highest BCUT2D eigenvalue weighted by atomic mass is 35.5. The minimum absolute atomic E-state index is 0.151. The van der Waals surface area contributed by atoms with Gasteiger partial charge in [-0.05, 0) is 50.2 Å². The second kappa shape index (κ2) is 7.37. The quantitative estimate of drug-likeness (QED) is 0.721. The van der Waals surface area contributed by atoms with Crippen molar-refractivity contribution in [1.82, 2.24) is 25.2 Å². The molecule has 1 amide bonds. The summed E-state index contributed by atoms with van der Waals surface area (Å²) < 4.78 is 1.48. The number of hydrogen-bond acceptors (Lipinski definition) is 4. The third-order valence-corrected chi connectivity index (χ3v) is 5.87. The normalized spacial score (nSPS) is 14.9. The van der Waals surface area contributed by atoms with E-state index in [1.807, 2.05) is 18.2 Å². The van der Waals surface area contributed by atoms with E-state index in [0.29, 0.717) is 22.9 Å². The van der Waals surface area contributed by atoms with Gasteiger partial charge in [0.1, 0.15) is 0 Å². The average Bonchev–Trinajstić information content (AvgIpc) is 3.31. The summed E-state index contributed by atoms with van der Waals surface area (Å²) in [6.45, 7) is 0.529. The molecule has 0 aliphatic heterocycles. The lowest BCUT2D eigenvalue weighted by molar-refractivity contribution is 0.0895. The maximum atomic E-state index is 12.9. The van der Waals surface area contributed by atoms with E-state index < -0.39 is 0 Å². The van der Waals surface area contributed by atoms with Crippen LogP contribution in [0, 0.1) is 0 Å². The number of hydrogen-bond donors (Lipinski definition) is 1. The second-order valence-electron chi connectivity index (χ2n) is 7.41. The van der Waals surface area contributed by atoms with Crippen molar-refractivity contribution in [3.63, 3.8) is 0 Å². The number of carbonyl (C=O) groups is 1. The van der Waals surface area contributed by atoms with E-state index in [0.717, 1.165) is 12.8 Å². The summed E-state index contributed by atoms with van der Waals surface area (Å²) >= 11 is 6.26. The van der Waals surface area contributed by atoms with Crippen LogP contribution in [0.1, 0.15) is 21.6 Å². The Balaban J connectivity index is 1.54. The predicted octanol–water partition coefficient (Wildman–Crippen LogP) is 2.75. The highest BCUT2D eigenvalue weighted by molar-refractivity contribution is 6.32. The van der Waals surface area contributed by atoms with E-state index in [1.165, 1.54) is 22.0 Å². The Kier molecular flexibility index (Phi) is 4.91. The molecule has 0 saturated heterocycles. The molecule has 1 N–H and O–H groups in total. The van der Waals surface area contributed by atoms with Gasteiger partial charge in [0.2, 0.25) is 0 Å². The molecule has 0 saturated carbocycles. The van der Waals surface area contributed by atoms with Crippen LogP contribution in [0.3, 0.4) is 0 Å². The summed E-state index contributed by atoms with van der Waals surface area (Å²) in [5, 5.41) is 11.6. The number of rotatable bonds is 5. The zero-order chi connectivity index (χ0) is 19.7. The zero-order valence-corrected chi connectivity index (χ0v) is 16.6. The van der Waals surface area contributed by atoms with Gasteiger partial charge in [0.05, 0.1) is 16.9 Å². The van der Waals surface area contributed by atoms with Crippen molar-refractivity contribution >= 4 is 17.5 Å². The second-order valence-corrected chi connectivity index (χ2v) is 7.81. The van der Waals surface area contributed by atoms with Crippen molar-refractivity contribution in [2.24, 2.45) is 0 Å². The van der Waals surface area contributed by atoms with Crippen molar-refractivity contribution in [1.29, 1.82) is 0 Å². The maximum absolute atomic E-state index is 12.9. The molecule has 0 atom stereocenters. The number of halogens is 1. The SMILES string of the molecule is CN(C)C1(CNC(=O)c2cnnn2-c2ccccc2Cl)Cc2ccccc2C1. The molecule has 1 heterocycles. The van der Waals surface area contributed by atoms with Gasteiger partial charge in [0, 0.05) is 12.1 Å². The molecule has 0 radical (unpaired) electrons. The van der Waals surface area contributed by atoms with Crippen LogP contribution < -0.4 is 5.32 Å². The average molecular weight is 396 g/mol. The van der Waals surface area contributed by atoms with Gasteiger partial charge < -0.3 is 10.2 Å². The Labute approximate surface area is 169 Å². The monoisotopic (exact) mass is 395 g/mol. The largest absolute Gasteiger partial charge is 0.349 e. The number of benzene rings is 2. The molecule has 0 unspecified atom stereocenters. The fraction of sp³-hybridized carbons (Fsp3) is 0.286. The summed E-state index contributed by atoms with van der Waals surface area (Å²) in [7, 11) is 4.13. The fourth-order valence-electron chi connectivity index (χ4n) is 3.80. The zero-order valence-electron chi connectivity index (χ0n) is 15.9. The summed E-state index contributed by atoms with van der Waals surface area (Å²) in [4.78, 5) is 15.1. The molecule has 4 rings (SSSR count). The molecular formula is C21H22ClN5O. The van der Waals surface area contributed by atoms with Crippen LogP contribution >= 0.6 is 11.6 Å². The van der Waals surface area contributed by atoms with Gasteiger partial charge in [-0.15, -0.1) is 5.10 Å². The number of fused-ring (bicyclic) bond motifs is 1. The lowest BCUT2D eigenvalue weighted by Gasteiger charge is -2.36. The molecule has 3 aromatic rings. The predicted molar refractivity (Wildman–Crippen MR) is 109 cm³/mol. The molecule has 6 nitrogen and oxygen atoms in total. The third kappa shape index (κ3) is 3.30. The van der Waals surface area contributed by atoms with Gasteiger partial charge >= 0.3 is 0 Å². The fourth-order valence-corrected chi connectivity index (χ4v) is 4.02. The number of para-hydroxylation sites is 1. The van der Waals surface area contributed by atoms with Crippen LogP contribution in [0.25, 0.3) is 5.69 Å². The Morgan fingerprint density at radius 1 is 1.14 bits per heavy atom. The number of aromatic nitrogens is 3. The van der Waals surface area contributed by atoms with Gasteiger partial charge in [-0.3, -0.25) is 4.79 Å². The Morgan fingerprint density at radius 2 is 1.79 bits per heavy atom. The molecular weight excluding hydrogens is 374 g/mol. The number of nitrogens with one attached hydrogen (secondary N) is 1. The minimum Gasteiger partial charge on any atom is -0.349 e.